The minimum absolute atomic E-state index is 0. The van der Waals surface area contributed by atoms with E-state index in [0.29, 0.717) is 18.5 Å². The highest BCUT2D eigenvalue weighted by Gasteiger charge is 2.02. The van der Waals surface area contributed by atoms with Crippen molar-refractivity contribution in [2.45, 2.75) is 6.42 Å². The molecular formula is C6H12ClNO2. The first-order valence-electron chi connectivity index (χ1n) is 2.68. The third kappa shape index (κ3) is 4.35. The Morgan fingerprint density at radius 3 is 2.50 bits per heavy atom. The Kier molecular flexibility index (Phi) is 8.00. The summed E-state index contributed by atoms with van der Waals surface area (Å²) in [4.78, 5) is 10.5. The summed E-state index contributed by atoms with van der Waals surface area (Å²) in [7, 11) is 1.32. The van der Waals surface area contributed by atoms with E-state index in [0.717, 1.165) is 0 Å². The van der Waals surface area contributed by atoms with Gasteiger partial charge in [0.2, 0.25) is 0 Å². The molecule has 2 N–H and O–H groups in total. The van der Waals surface area contributed by atoms with Gasteiger partial charge in [0.05, 0.1) is 7.11 Å². The second-order valence-electron chi connectivity index (χ2n) is 1.63. The van der Waals surface area contributed by atoms with Crippen LogP contribution >= 0.6 is 12.4 Å². The van der Waals surface area contributed by atoms with Crippen molar-refractivity contribution in [1.29, 1.82) is 0 Å². The monoisotopic (exact) mass is 165 g/mol. The number of hydrogen-bond acceptors (Lipinski definition) is 3. The minimum Gasteiger partial charge on any atom is -0.466 e. The average molecular weight is 166 g/mol. The lowest BCUT2D eigenvalue weighted by molar-refractivity contribution is -0.136. The first-order valence-corrected chi connectivity index (χ1v) is 2.68. The van der Waals surface area contributed by atoms with E-state index in [1.165, 1.54) is 7.11 Å². The molecule has 0 unspecified atom stereocenters. The van der Waals surface area contributed by atoms with E-state index in [1.54, 1.807) is 0 Å². The molecule has 0 fully saturated rings. The quantitative estimate of drug-likeness (QED) is 0.489. The van der Waals surface area contributed by atoms with Gasteiger partial charge in [-0.3, -0.25) is 0 Å². The number of carbonyl (C=O) groups is 1. The summed E-state index contributed by atoms with van der Waals surface area (Å²) < 4.78 is 4.37. The number of nitrogens with two attached hydrogens (primary N) is 1. The Hall–Kier alpha value is -0.540. The molecule has 60 valence electrons. The van der Waals surface area contributed by atoms with Crippen molar-refractivity contribution in [3.8, 4) is 0 Å². The molecule has 0 aromatic carbocycles. The van der Waals surface area contributed by atoms with Gasteiger partial charge >= 0.3 is 5.97 Å². The van der Waals surface area contributed by atoms with Gasteiger partial charge in [0, 0.05) is 5.57 Å². The van der Waals surface area contributed by atoms with E-state index in [-0.39, 0.29) is 18.4 Å². The van der Waals surface area contributed by atoms with Crippen molar-refractivity contribution >= 4 is 18.4 Å². The van der Waals surface area contributed by atoms with E-state index in [4.69, 9.17) is 5.73 Å². The lowest BCUT2D eigenvalue weighted by Gasteiger charge is -1.98. The molecule has 0 saturated carbocycles. The molecule has 0 aromatic heterocycles. The third-order valence-corrected chi connectivity index (χ3v) is 0.920. The maximum atomic E-state index is 10.5. The second kappa shape index (κ2) is 6.58. The van der Waals surface area contributed by atoms with Gasteiger partial charge in [0.1, 0.15) is 0 Å². The molecule has 0 bridgehead atoms. The normalized spacial score (nSPS) is 7.80. The summed E-state index contributed by atoms with van der Waals surface area (Å²) in [6, 6.07) is 0. The van der Waals surface area contributed by atoms with Crippen molar-refractivity contribution in [1.82, 2.24) is 0 Å². The highest BCUT2D eigenvalue weighted by Crippen LogP contribution is 1.96. The highest BCUT2D eigenvalue weighted by molar-refractivity contribution is 5.87. The zero-order chi connectivity index (χ0) is 7.28. The zero-order valence-electron chi connectivity index (χ0n) is 5.92. The van der Waals surface area contributed by atoms with Crippen molar-refractivity contribution in [3.63, 3.8) is 0 Å². The van der Waals surface area contributed by atoms with E-state index in [1.807, 2.05) is 0 Å². The predicted molar refractivity (Wildman–Crippen MR) is 42.1 cm³/mol. The van der Waals surface area contributed by atoms with Crippen LogP contribution in [0.1, 0.15) is 6.42 Å². The number of ether oxygens (including phenoxy) is 1. The molecule has 0 aliphatic carbocycles. The molecule has 0 aromatic rings. The topological polar surface area (TPSA) is 52.3 Å². The molecule has 0 spiro atoms. The highest BCUT2D eigenvalue weighted by atomic mass is 35.5. The lowest BCUT2D eigenvalue weighted by atomic mass is 10.2. The van der Waals surface area contributed by atoms with E-state index in [2.05, 4.69) is 11.3 Å². The van der Waals surface area contributed by atoms with Gasteiger partial charge in [0.15, 0.2) is 0 Å². The van der Waals surface area contributed by atoms with Crippen molar-refractivity contribution in [3.05, 3.63) is 12.2 Å². The van der Waals surface area contributed by atoms with Gasteiger partial charge in [0.25, 0.3) is 0 Å². The fraction of sp³-hybridized carbons (Fsp3) is 0.500. The van der Waals surface area contributed by atoms with E-state index >= 15 is 0 Å². The Morgan fingerprint density at radius 2 is 2.20 bits per heavy atom. The maximum absolute atomic E-state index is 10.5. The van der Waals surface area contributed by atoms with E-state index in [9.17, 15) is 4.79 Å². The molecule has 0 radical (unpaired) electrons. The smallest absolute Gasteiger partial charge is 0.333 e. The summed E-state index contributed by atoms with van der Waals surface area (Å²) in [6.45, 7) is 3.90. The van der Waals surface area contributed by atoms with Crippen LogP contribution in [0.3, 0.4) is 0 Å². The molecule has 0 saturated heterocycles. The van der Waals surface area contributed by atoms with E-state index < -0.39 is 0 Å². The summed E-state index contributed by atoms with van der Waals surface area (Å²) in [5.74, 6) is -0.375. The fourth-order valence-electron chi connectivity index (χ4n) is 0.421. The number of carbonyl (C=O) groups excluding carboxylic acids is 1. The van der Waals surface area contributed by atoms with Crippen molar-refractivity contribution in [2.75, 3.05) is 13.7 Å². The Morgan fingerprint density at radius 1 is 1.70 bits per heavy atom. The Balaban J connectivity index is 0. The number of halogens is 1. The molecule has 0 amide bonds. The van der Waals surface area contributed by atoms with Crippen LogP contribution in [0.5, 0.6) is 0 Å². The van der Waals surface area contributed by atoms with Crippen LogP contribution in [0.15, 0.2) is 12.2 Å². The summed E-state index contributed by atoms with van der Waals surface area (Å²) in [6.07, 6.45) is 0.507. The minimum atomic E-state index is -0.375. The number of methoxy groups -OCH3 is 1. The molecule has 0 atom stereocenters. The SMILES string of the molecule is C=C(CCN)C(=O)OC.Cl. The first kappa shape index (κ1) is 12.2. The summed E-state index contributed by atoms with van der Waals surface area (Å²) in [5, 5.41) is 0. The predicted octanol–water partition coefficient (Wildman–Crippen LogP) is 0.486. The third-order valence-electron chi connectivity index (χ3n) is 0.920. The van der Waals surface area contributed by atoms with Gasteiger partial charge in [-0.25, -0.2) is 4.79 Å². The van der Waals surface area contributed by atoms with Crippen LogP contribution in [0, 0.1) is 0 Å². The summed E-state index contributed by atoms with van der Waals surface area (Å²) >= 11 is 0. The van der Waals surface area contributed by atoms with Gasteiger partial charge in [-0.2, -0.15) is 0 Å². The molecule has 3 nitrogen and oxygen atoms in total. The van der Waals surface area contributed by atoms with Crippen LogP contribution < -0.4 is 5.73 Å². The molecule has 4 heteroatoms. The molecule has 0 aliphatic heterocycles. The molecule has 0 rings (SSSR count). The van der Waals surface area contributed by atoms with Crippen LogP contribution in [-0.2, 0) is 9.53 Å². The fourth-order valence-corrected chi connectivity index (χ4v) is 0.421. The number of hydrogen-bond donors (Lipinski definition) is 1. The maximum Gasteiger partial charge on any atom is 0.333 e. The Labute approximate surface area is 66.6 Å². The average Bonchev–Trinajstić information content (AvgIpc) is 1.87. The Bertz CT molecular complexity index is 125. The second-order valence-corrected chi connectivity index (χ2v) is 1.63. The van der Waals surface area contributed by atoms with Crippen LogP contribution in [-0.4, -0.2) is 19.6 Å². The standard InChI is InChI=1S/C6H11NO2.ClH/c1-5(3-4-7)6(8)9-2;/h1,3-4,7H2,2H3;1H. The molecular weight excluding hydrogens is 154 g/mol. The number of esters is 1. The number of rotatable bonds is 3. The molecule has 0 aliphatic rings. The van der Waals surface area contributed by atoms with Crippen LogP contribution in [0.2, 0.25) is 0 Å². The van der Waals surface area contributed by atoms with Gasteiger partial charge < -0.3 is 10.5 Å². The summed E-state index contributed by atoms with van der Waals surface area (Å²) in [5.41, 5.74) is 5.58. The lowest BCUT2D eigenvalue weighted by Crippen LogP contribution is -2.08. The van der Waals surface area contributed by atoms with Crippen LogP contribution in [0.25, 0.3) is 0 Å². The molecule has 10 heavy (non-hydrogen) atoms. The van der Waals surface area contributed by atoms with Crippen molar-refractivity contribution < 1.29 is 9.53 Å². The largest absolute Gasteiger partial charge is 0.466 e. The van der Waals surface area contributed by atoms with Gasteiger partial charge in [-0.1, -0.05) is 6.58 Å². The zero-order valence-corrected chi connectivity index (χ0v) is 6.74. The first-order chi connectivity index (χ1) is 4.22. The van der Waals surface area contributed by atoms with Gasteiger partial charge in [-0.15, -0.1) is 12.4 Å². The van der Waals surface area contributed by atoms with Crippen LogP contribution in [0.4, 0.5) is 0 Å². The molecule has 0 heterocycles. The van der Waals surface area contributed by atoms with Crippen molar-refractivity contribution in [2.24, 2.45) is 5.73 Å². The van der Waals surface area contributed by atoms with Gasteiger partial charge in [-0.05, 0) is 13.0 Å².